The normalized spacial score (nSPS) is 12.4. The lowest BCUT2D eigenvalue weighted by Gasteiger charge is -2.20. The van der Waals surface area contributed by atoms with E-state index in [9.17, 15) is 9.59 Å². The Hall–Kier alpha value is -3.12. The first-order valence-electron chi connectivity index (χ1n) is 10.0. The monoisotopic (exact) mass is 422 g/mol. The number of carbonyl (C=O) groups is 1. The molecule has 0 saturated heterocycles. The van der Waals surface area contributed by atoms with Crippen LogP contribution in [0.1, 0.15) is 30.6 Å². The minimum Gasteiger partial charge on any atom is -0.354 e. The summed E-state index contributed by atoms with van der Waals surface area (Å²) < 4.78 is 3.82. The van der Waals surface area contributed by atoms with E-state index in [0.29, 0.717) is 23.6 Å². The molecule has 0 fully saturated rings. The number of aromatic nitrogens is 3. The van der Waals surface area contributed by atoms with Gasteiger partial charge in [0.2, 0.25) is 5.91 Å². The number of fused-ring (bicyclic) bond motifs is 3. The van der Waals surface area contributed by atoms with Crippen molar-refractivity contribution in [1.29, 1.82) is 0 Å². The van der Waals surface area contributed by atoms with Crippen molar-refractivity contribution < 1.29 is 4.79 Å². The van der Waals surface area contributed by atoms with E-state index in [1.807, 2.05) is 71.6 Å². The minimum atomic E-state index is -0.430. The van der Waals surface area contributed by atoms with E-state index < -0.39 is 6.04 Å². The molecule has 0 unspecified atom stereocenters. The van der Waals surface area contributed by atoms with Gasteiger partial charge in [-0.25, -0.2) is 4.52 Å². The number of nitrogens with zero attached hydrogens (tertiary/aromatic N) is 3. The van der Waals surface area contributed by atoms with Crippen molar-refractivity contribution in [2.45, 2.75) is 32.7 Å². The van der Waals surface area contributed by atoms with Gasteiger partial charge in [-0.2, -0.15) is 4.98 Å². The van der Waals surface area contributed by atoms with Crippen molar-refractivity contribution in [3.05, 3.63) is 81.2 Å². The van der Waals surface area contributed by atoms with E-state index in [1.54, 1.807) is 0 Å². The fourth-order valence-electron chi connectivity index (χ4n) is 3.88. The third-order valence-corrected chi connectivity index (χ3v) is 5.55. The van der Waals surface area contributed by atoms with Crippen LogP contribution in [0.5, 0.6) is 0 Å². The van der Waals surface area contributed by atoms with Crippen LogP contribution in [0.25, 0.3) is 16.6 Å². The van der Waals surface area contributed by atoms with Crippen molar-refractivity contribution in [3.8, 4) is 0 Å². The summed E-state index contributed by atoms with van der Waals surface area (Å²) in [4.78, 5) is 29.4. The molecule has 6 nitrogen and oxygen atoms in total. The molecule has 154 valence electrons. The van der Waals surface area contributed by atoms with Crippen LogP contribution in [0, 0.1) is 6.92 Å². The van der Waals surface area contributed by atoms with Crippen LogP contribution >= 0.6 is 11.6 Å². The van der Waals surface area contributed by atoms with Gasteiger partial charge < -0.3 is 5.32 Å². The summed E-state index contributed by atoms with van der Waals surface area (Å²) in [7, 11) is 0. The second-order valence-electron chi connectivity index (χ2n) is 7.32. The molecule has 0 spiro atoms. The number of benzene rings is 2. The zero-order valence-corrected chi connectivity index (χ0v) is 17.7. The first-order chi connectivity index (χ1) is 14.5. The SMILES string of the molecule is CC[C@@H](C(=O)NCCc1ccc(Cl)cc1)n1c2ccccc2c2nc(=O)cc(C)n21. The second kappa shape index (κ2) is 8.32. The standard InChI is InChI=1S/C23H23ClN4O2/c1-3-19(23(30)25-13-12-16-8-10-17(24)11-9-16)28-20-7-5-4-6-18(20)22-26-21(29)14-15(2)27(22)28/h4-11,14,19H,3,12-13H2,1-2H3,(H,25,30)/t19-/m0/s1. The third-order valence-electron chi connectivity index (χ3n) is 5.30. The molecule has 0 radical (unpaired) electrons. The first kappa shape index (κ1) is 20.2. The number of aryl methyl sites for hydroxylation is 1. The number of amides is 1. The number of rotatable bonds is 6. The Morgan fingerprint density at radius 3 is 2.63 bits per heavy atom. The van der Waals surface area contributed by atoms with Gasteiger partial charge in [-0.15, -0.1) is 0 Å². The lowest BCUT2D eigenvalue weighted by Crippen LogP contribution is -2.35. The van der Waals surface area contributed by atoms with Crippen molar-refractivity contribution in [2.75, 3.05) is 6.54 Å². The molecular weight excluding hydrogens is 400 g/mol. The van der Waals surface area contributed by atoms with Gasteiger partial charge in [-0.3, -0.25) is 14.3 Å². The fraction of sp³-hybridized carbons (Fsp3) is 0.261. The smallest absolute Gasteiger partial charge is 0.273 e. The maximum Gasteiger partial charge on any atom is 0.273 e. The molecule has 1 amide bonds. The molecular formula is C23H23ClN4O2. The van der Waals surface area contributed by atoms with Gasteiger partial charge in [0.1, 0.15) is 6.04 Å². The highest BCUT2D eigenvalue weighted by molar-refractivity contribution is 6.30. The van der Waals surface area contributed by atoms with Gasteiger partial charge >= 0.3 is 0 Å². The summed E-state index contributed by atoms with van der Waals surface area (Å²) in [5.41, 5.74) is 3.02. The molecule has 4 aromatic rings. The lowest BCUT2D eigenvalue weighted by atomic mass is 10.1. The van der Waals surface area contributed by atoms with Crippen LogP contribution in [0.2, 0.25) is 5.02 Å². The summed E-state index contributed by atoms with van der Waals surface area (Å²) in [5.74, 6) is -0.0628. The first-order valence-corrected chi connectivity index (χ1v) is 10.4. The molecule has 2 aromatic heterocycles. The molecule has 0 aliphatic rings. The molecule has 0 bridgehead atoms. The second-order valence-corrected chi connectivity index (χ2v) is 7.76. The van der Waals surface area contributed by atoms with E-state index in [1.165, 1.54) is 6.07 Å². The molecule has 1 atom stereocenters. The van der Waals surface area contributed by atoms with Crippen LogP contribution < -0.4 is 10.9 Å². The summed E-state index contributed by atoms with van der Waals surface area (Å²) >= 11 is 5.93. The molecule has 0 aliphatic heterocycles. The molecule has 0 aliphatic carbocycles. The Morgan fingerprint density at radius 2 is 1.90 bits per heavy atom. The summed E-state index contributed by atoms with van der Waals surface area (Å²) in [6.45, 7) is 4.37. The highest BCUT2D eigenvalue weighted by atomic mass is 35.5. The van der Waals surface area contributed by atoms with Gasteiger partial charge in [0, 0.05) is 28.7 Å². The maximum atomic E-state index is 13.1. The zero-order valence-electron chi connectivity index (χ0n) is 16.9. The van der Waals surface area contributed by atoms with E-state index in [-0.39, 0.29) is 11.5 Å². The largest absolute Gasteiger partial charge is 0.354 e. The van der Waals surface area contributed by atoms with E-state index >= 15 is 0 Å². The highest BCUT2D eigenvalue weighted by Crippen LogP contribution is 2.26. The topological polar surface area (TPSA) is 68.4 Å². The fourth-order valence-corrected chi connectivity index (χ4v) is 4.01. The van der Waals surface area contributed by atoms with Crippen molar-refractivity contribution in [3.63, 3.8) is 0 Å². The van der Waals surface area contributed by atoms with Crippen LogP contribution in [-0.4, -0.2) is 26.6 Å². The predicted octanol–water partition coefficient (Wildman–Crippen LogP) is 3.92. The number of hydrogen-bond acceptors (Lipinski definition) is 3. The Morgan fingerprint density at radius 1 is 1.17 bits per heavy atom. The van der Waals surface area contributed by atoms with Gasteiger partial charge in [-0.05, 0) is 49.6 Å². The molecule has 0 saturated carbocycles. The average molecular weight is 423 g/mol. The van der Waals surface area contributed by atoms with Crippen LogP contribution in [0.15, 0.2) is 59.4 Å². The maximum absolute atomic E-state index is 13.1. The Balaban J connectivity index is 1.67. The van der Waals surface area contributed by atoms with E-state index in [2.05, 4.69) is 10.3 Å². The molecule has 1 N–H and O–H groups in total. The molecule has 4 rings (SSSR count). The van der Waals surface area contributed by atoms with E-state index in [4.69, 9.17) is 11.6 Å². The van der Waals surface area contributed by atoms with Crippen LogP contribution in [0.3, 0.4) is 0 Å². The van der Waals surface area contributed by atoms with Gasteiger partial charge in [0.25, 0.3) is 5.56 Å². The number of carbonyl (C=O) groups excluding carboxylic acids is 1. The molecule has 2 heterocycles. The Bertz CT molecular complexity index is 1270. The Labute approximate surface area is 179 Å². The average Bonchev–Trinajstić information content (AvgIpc) is 3.05. The van der Waals surface area contributed by atoms with Gasteiger partial charge in [0.05, 0.1) is 5.52 Å². The summed E-state index contributed by atoms with van der Waals surface area (Å²) in [6, 6.07) is 16.4. The minimum absolute atomic E-state index is 0.0628. The van der Waals surface area contributed by atoms with E-state index in [0.717, 1.165) is 28.6 Å². The number of halogens is 1. The molecule has 2 aromatic carbocycles. The van der Waals surface area contributed by atoms with Gasteiger partial charge in [0.15, 0.2) is 5.65 Å². The Kier molecular flexibility index (Phi) is 5.59. The predicted molar refractivity (Wildman–Crippen MR) is 119 cm³/mol. The summed E-state index contributed by atoms with van der Waals surface area (Å²) in [5, 5.41) is 4.61. The van der Waals surface area contributed by atoms with Gasteiger partial charge in [-0.1, -0.05) is 42.8 Å². The highest BCUT2D eigenvalue weighted by Gasteiger charge is 2.24. The van der Waals surface area contributed by atoms with Crippen molar-refractivity contribution >= 4 is 34.1 Å². The van der Waals surface area contributed by atoms with Crippen LogP contribution in [0.4, 0.5) is 0 Å². The van der Waals surface area contributed by atoms with Crippen molar-refractivity contribution in [2.24, 2.45) is 0 Å². The lowest BCUT2D eigenvalue weighted by molar-refractivity contribution is -0.124. The molecule has 7 heteroatoms. The van der Waals surface area contributed by atoms with Crippen LogP contribution in [-0.2, 0) is 11.2 Å². The number of para-hydroxylation sites is 1. The summed E-state index contributed by atoms with van der Waals surface area (Å²) in [6.07, 6.45) is 1.33. The van der Waals surface area contributed by atoms with Crippen molar-refractivity contribution in [1.82, 2.24) is 19.5 Å². The number of nitrogens with one attached hydrogen (secondary N) is 1. The molecule has 30 heavy (non-hydrogen) atoms. The number of hydrogen-bond donors (Lipinski definition) is 1. The third kappa shape index (κ3) is 3.71. The quantitative estimate of drug-likeness (QED) is 0.512. The zero-order chi connectivity index (χ0) is 21.3.